The number of nitrogens with one attached hydrogen (secondary N) is 1. The molecule has 0 saturated carbocycles. The smallest absolute Gasteiger partial charge is 0.324 e. The SMILES string of the molecule is O=C(COC(=O)C(Sc1ccccc1)c1ccccc1)NC1CCS(=O)(=O)C1. The van der Waals surface area contributed by atoms with Crippen molar-refractivity contribution >= 4 is 33.5 Å². The van der Waals surface area contributed by atoms with E-state index in [1.54, 1.807) is 0 Å². The molecule has 0 aromatic heterocycles. The quantitative estimate of drug-likeness (QED) is 0.547. The van der Waals surface area contributed by atoms with Crippen LogP contribution in [0.25, 0.3) is 0 Å². The summed E-state index contributed by atoms with van der Waals surface area (Å²) >= 11 is 1.35. The fraction of sp³-hybridized carbons (Fsp3) is 0.300. The molecule has 2 aromatic rings. The van der Waals surface area contributed by atoms with Gasteiger partial charge >= 0.3 is 5.97 Å². The Morgan fingerprint density at radius 2 is 1.71 bits per heavy atom. The maximum absolute atomic E-state index is 12.7. The third-order valence-electron chi connectivity index (χ3n) is 4.26. The van der Waals surface area contributed by atoms with Crippen LogP contribution in [0.1, 0.15) is 17.2 Å². The van der Waals surface area contributed by atoms with Crippen LogP contribution in [-0.2, 0) is 24.2 Å². The number of amides is 1. The molecule has 0 aliphatic carbocycles. The van der Waals surface area contributed by atoms with E-state index in [1.165, 1.54) is 11.8 Å². The lowest BCUT2D eigenvalue weighted by atomic mass is 10.1. The molecule has 0 spiro atoms. The van der Waals surface area contributed by atoms with E-state index in [1.807, 2.05) is 60.7 Å². The largest absolute Gasteiger partial charge is 0.454 e. The van der Waals surface area contributed by atoms with Gasteiger partial charge in [0.2, 0.25) is 0 Å². The molecule has 28 heavy (non-hydrogen) atoms. The summed E-state index contributed by atoms with van der Waals surface area (Å²) in [7, 11) is -3.08. The highest BCUT2D eigenvalue weighted by molar-refractivity contribution is 8.00. The molecule has 1 fully saturated rings. The van der Waals surface area contributed by atoms with E-state index in [0.717, 1.165) is 10.5 Å². The summed E-state index contributed by atoms with van der Waals surface area (Å²) in [6.07, 6.45) is 0.387. The monoisotopic (exact) mass is 419 g/mol. The number of hydrogen-bond acceptors (Lipinski definition) is 6. The summed E-state index contributed by atoms with van der Waals surface area (Å²) in [5.74, 6) is -1.01. The summed E-state index contributed by atoms with van der Waals surface area (Å²) in [4.78, 5) is 25.6. The van der Waals surface area contributed by atoms with Crippen LogP contribution in [-0.4, -0.2) is 44.4 Å². The molecule has 2 atom stereocenters. The molecule has 148 valence electrons. The third-order valence-corrected chi connectivity index (χ3v) is 7.27. The first-order valence-corrected chi connectivity index (χ1v) is 11.6. The Labute approximate surface area is 168 Å². The van der Waals surface area contributed by atoms with Gasteiger partial charge in [-0.05, 0) is 24.1 Å². The van der Waals surface area contributed by atoms with Crippen molar-refractivity contribution in [1.82, 2.24) is 5.32 Å². The Morgan fingerprint density at radius 1 is 1.07 bits per heavy atom. The second kappa shape index (κ2) is 9.25. The van der Waals surface area contributed by atoms with Crippen molar-refractivity contribution in [3.8, 4) is 0 Å². The number of rotatable bonds is 7. The van der Waals surface area contributed by atoms with Gasteiger partial charge in [0.15, 0.2) is 16.4 Å². The first-order valence-electron chi connectivity index (χ1n) is 8.86. The predicted octanol–water partition coefficient (Wildman–Crippen LogP) is 2.37. The molecule has 0 radical (unpaired) electrons. The predicted molar refractivity (Wildman–Crippen MR) is 108 cm³/mol. The number of ether oxygens (including phenoxy) is 1. The normalized spacial score (nSPS) is 18.9. The first-order chi connectivity index (χ1) is 13.4. The van der Waals surface area contributed by atoms with Crippen LogP contribution >= 0.6 is 11.8 Å². The number of benzene rings is 2. The van der Waals surface area contributed by atoms with E-state index >= 15 is 0 Å². The third kappa shape index (κ3) is 5.84. The lowest BCUT2D eigenvalue weighted by Gasteiger charge is -2.17. The van der Waals surface area contributed by atoms with E-state index in [0.29, 0.717) is 6.42 Å². The number of thioether (sulfide) groups is 1. The lowest BCUT2D eigenvalue weighted by molar-refractivity contribution is -0.148. The number of carbonyl (C=O) groups excluding carboxylic acids is 2. The highest BCUT2D eigenvalue weighted by Gasteiger charge is 2.29. The Kier molecular flexibility index (Phi) is 6.74. The van der Waals surface area contributed by atoms with Crippen molar-refractivity contribution in [1.29, 1.82) is 0 Å². The Bertz CT molecular complexity index is 916. The van der Waals surface area contributed by atoms with Crippen molar-refractivity contribution in [2.45, 2.75) is 22.6 Å². The van der Waals surface area contributed by atoms with E-state index in [4.69, 9.17) is 4.74 Å². The van der Waals surface area contributed by atoms with Gasteiger partial charge in [-0.3, -0.25) is 9.59 Å². The van der Waals surface area contributed by atoms with Crippen molar-refractivity contribution in [3.63, 3.8) is 0 Å². The van der Waals surface area contributed by atoms with Gasteiger partial charge in [-0.1, -0.05) is 48.5 Å². The van der Waals surface area contributed by atoms with E-state index in [2.05, 4.69) is 5.32 Å². The molecular formula is C20H21NO5S2. The first kappa shape index (κ1) is 20.4. The van der Waals surface area contributed by atoms with Gasteiger partial charge in [0, 0.05) is 10.9 Å². The summed E-state index contributed by atoms with van der Waals surface area (Å²) < 4.78 is 28.2. The van der Waals surface area contributed by atoms with E-state index < -0.39 is 39.6 Å². The molecule has 1 amide bonds. The average molecular weight is 420 g/mol. The van der Waals surface area contributed by atoms with Crippen LogP contribution in [0.15, 0.2) is 65.6 Å². The van der Waals surface area contributed by atoms with Crippen molar-refractivity contribution < 1.29 is 22.7 Å². The van der Waals surface area contributed by atoms with Crippen molar-refractivity contribution in [2.75, 3.05) is 18.1 Å². The molecule has 6 nitrogen and oxygen atoms in total. The molecule has 8 heteroatoms. The Hall–Kier alpha value is -2.32. The molecule has 1 aliphatic rings. The fourth-order valence-electron chi connectivity index (χ4n) is 2.91. The average Bonchev–Trinajstić information content (AvgIpc) is 3.04. The zero-order valence-corrected chi connectivity index (χ0v) is 16.7. The summed E-state index contributed by atoms with van der Waals surface area (Å²) in [5, 5.41) is 2.01. The lowest BCUT2D eigenvalue weighted by Crippen LogP contribution is -2.38. The second-order valence-electron chi connectivity index (χ2n) is 6.50. The van der Waals surface area contributed by atoms with Gasteiger partial charge < -0.3 is 10.1 Å². The molecule has 1 saturated heterocycles. The second-order valence-corrected chi connectivity index (χ2v) is 9.90. The maximum Gasteiger partial charge on any atom is 0.324 e. The fourth-order valence-corrected chi connectivity index (χ4v) is 5.62. The van der Waals surface area contributed by atoms with Gasteiger partial charge in [-0.2, -0.15) is 0 Å². The van der Waals surface area contributed by atoms with Crippen LogP contribution in [0.5, 0.6) is 0 Å². The van der Waals surface area contributed by atoms with E-state index in [9.17, 15) is 18.0 Å². The molecule has 1 heterocycles. The van der Waals surface area contributed by atoms with Crippen LogP contribution in [0, 0.1) is 0 Å². The van der Waals surface area contributed by atoms with Crippen LogP contribution in [0.2, 0.25) is 0 Å². The van der Waals surface area contributed by atoms with Crippen LogP contribution < -0.4 is 5.32 Å². The number of sulfone groups is 1. The minimum Gasteiger partial charge on any atom is -0.454 e. The number of carbonyl (C=O) groups is 2. The van der Waals surface area contributed by atoms with Crippen LogP contribution in [0.3, 0.4) is 0 Å². The standard InChI is InChI=1S/C20H21NO5S2/c22-18(21-16-11-12-28(24,25)14-16)13-26-20(23)19(15-7-3-1-4-8-15)27-17-9-5-2-6-10-17/h1-10,16,19H,11-14H2,(H,21,22). The molecular weight excluding hydrogens is 398 g/mol. The molecule has 0 bridgehead atoms. The molecule has 2 unspecified atom stereocenters. The number of esters is 1. The summed E-state index contributed by atoms with van der Waals surface area (Å²) in [5.41, 5.74) is 0.781. The Balaban J connectivity index is 1.60. The molecule has 1 N–H and O–H groups in total. The topological polar surface area (TPSA) is 89.5 Å². The van der Waals surface area contributed by atoms with Crippen molar-refractivity contribution in [3.05, 3.63) is 66.2 Å². The van der Waals surface area contributed by atoms with Crippen LogP contribution in [0.4, 0.5) is 0 Å². The molecule has 1 aliphatic heterocycles. The zero-order valence-electron chi connectivity index (χ0n) is 15.1. The van der Waals surface area contributed by atoms with Gasteiger partial charge in [-0.15, -0.1) is 11.8 Å². The maximum atomic E-state index is 12.7. The minimum absolute atomic E-state index is 0.0663. The summed E-state index contributed by atoms with van der Waals surface area (Å²) in [6.45, 7) is -0.436. The minimum atomic E-state index is -3.08. The molecule has 3 rings (SSSR count). The van der Waals surface area contributed by atoms with E-state index in [-0.39, 0.29) is 11.5 Å². The van der Waals surface area contributed by atoms with Crippen molar-refractivity contribution in [2.24, 2.45) is 0 Å². The highest BCUT2D eigenvalue weighted by Crippen LogP contribution is 2.36. The summed E-state index contributed by atoms with van der Waals surface area (Å²) in [6, 6.07) is 18.3. The van der Waals surface area contributed by atoms with Gasteiger partial charge in [0.1, 0.15) is 5.25 Å². The van der Waals surface area contributed by atoms with Gasteiger partial charge in [-0.25, -0.2) is 8.42 Å². The molecule has 2 aromatic carbocycles. The van der Waals surface area contributed by atoms with Gasteiger partial charge in [0.25, 0.3) is 5.91 Å². The number of hydrogen-bond donors (Lipinski definition) is 1. The zero-order chi connectivity index (χ0) is 20.0. The highest BCUT2D eigenvalue weighted by atomic mass is 32.2. The Morgan fingerprint density at radius 3 is 2.32 bits per heavy atom. The van der Waals surface area contributed by atoms with Gasteiger partial charge in [0.05, 0.1) is 11.5 Å².